The summed E-state index contributed by atoms with van der Waals surface area (Å²) in [5, 5.41) is 0. The van der Waals surface area contributed by atoms with Crippen LogP contribution in [0.25, 0.3) is 0 Å². The standard InChI is InChI=1S/C11H18N4/c1-8-3-5-15(6-4-8)10-9(2)7-13-11(12)14-10/h7-8H,3-6H2,1-2H3,(H2,12,13,14). The lowest BCUT2D eigenvalue weighted by Gasteiger charge is -2.32. The van der Waals surface area contributed by atoms with E-state index in [2.05, 4.69) is 21.8 Å². The Bertz CT molecular complexity index is 342. The van der Waals surface area contributed by atoms with Crippen LogP contribution >= 0.6 is 0 Å². The van der Waals surface area contributed by atoms with Crippen LogP contribution in [0.4, 0.5) is 11.8 Å². The Morgan fingerprint density at radius 1 is 1.40 bits per heavy atom. The van der Waals surface area contributed by atoms with E-state index in [1.165, 1.54) is 12.8 Å². The van der Waals surface area contributed by atoms with Gasteiger partial charge in [0.1, 0.15) is 5.82 Å². The van der Waals surface area contributed by atoms with Gasteiger partial charge in [0, 0.05) is 24.8 Å². The van der Waals surface area contributed by atoms with Gasteiger partial charge in [-0.1, -0.05) is 6.92 Å². The summed E-state index contributed by atoms with van der Waals surface area (Å²) in [6, 6.07) is 0. The summed E-state index contributed by atoms with van der Waals surface area (Å²) in [4.78, 5) is 10.6. The Hall–Kier alpha value is -1.32. The second-order valence-corrected chi connectivity index (χ2v) is 4.40. The van der Waals surface area contributed by atoms with Crippen molar-refractivity contribution in [1.29, 1.82) is 0 Å². The molecule has 0 atom stereocenters. The van der Waals surface area contributed by atoms with Crippen LogP contribution in [0, 0.1) is 12.8 Å². The van der Waals surface area contributed by atoms with Gasteiger partial charge in [-0.3, -0.25) is 0 Å². The van der Waals surface area contributed by atoms with E-state index in [1.54, 1.807) is 6.20 Å². The van der Waals surface area contributed by atoms with E-state index >= 15 is 0 Å². The van der Waals surface area contributed by atoms with Crippen LogP contribution in [0.15, 0.2) is 6.20 Å². The fourth-order valence-corrected chi connectivity index (χ4v) is 1.99. The molecule has 0 bridgehead atoms. The van der Waals surface area contributed by atoms with Crippen LogP contribution < -0.4 is 10.6 Å². The van der Waals surface area contributed by atoms with Crippen molar-refractivity contribution in [2.45, 2.75) is 26.7 Å². The topological polar surface area (TPSA) is 55.0 Å². The summed E-state index contributed by atoms with van der Waals surface area (Å²) >= 11 is 0. The lowest BCUT2D eigenvalue weighted by molar-refractivity contribution is 0.436. The van der Waals surface area contributed by atoms with Crippen LogP contribution in [0.3, 0.4) is 0 Å². The minimum atomic E-state index is 0.370. The van der Waals surface area contributed by atoms with Crippen molar-refractivity contribution < 1.29 is 0 Å². The highest BCUT2D eigenvalue weighted by Gasteiger charge is 2.18. The zero-order chi connectivity index (χ0) is 10.8. The van der Waals surface area contributed by atoms with Crippen molar-refractivity contribution >= 4 is 11.8 Å². The number of aromatic nitrogens is 2. The first-order valence-corrected chi connectivity index (χ1v) is 5.51. The predicted octanol–water partition coefficient (Wildman–Crippen LogP) is 1.60. The van der Waals surface area contributed by atoms with E-state index in [0.717, 1.165) is 30.4 Å². The number of rotatable bonds is 1. The van der Waals surface area contributed by atoms with Crippen molar-refractivity contribution in [2.75, 3.05) is 23.7 Å². The fraction of sp³-hybridized carbons (Fsp3) is 0.636. The van der Waals surface area contributed by atoms with Gasteiger partial charge in [-0.05, 0) is 25.7 Å². The Morgan fingerprint density at radius 3 is 2.73 bits per heavy atom. The van der Waals surface area contributed by atoms with Gasteiger partial charge < -0.3 is 10.6 Å². The Labute approximate surface area is 90.5 Å². The third-order valence-electron chi connectivity index (χ3n) is 3.05. The molecule has 0 unspecified atom stereocenters. The molecule has 1 aromatic heterocycles. The number of anilines is 2. The fourth-order valence-electron chi connectivity index (χ4n) is 1.99. The van der Waals surface area contributed by atoms with Crippen LogP contribution in [0.1, 0.15) is 25.3 Å². The largest absolute Gasteiger partial charge is 0.368 e. The minimum Gasteiger partial charge on any atom is -0.368 e. The zero-order valence-electron chi connectivity index (χ0n) is 9.40. The Kier molecular flexibility index (Phi) is 2.75. The highest BCUT2D eigenvalue weighted by atomic mass is 15.2. The third-order valence-corrected chi connectivity index (χ3v) is 3.05. The maximum absolute atomic E-state index is 5.61. The number of hydrogen-bond donors (Lipinski definition) is 1. The van der Waals surface area contributed by atoms with Gasteiger partial charge in [-0.25, -0.2) is 4.98 Å². The molecule has 2 rings (SSSR count). The Morgan fingerprint density at radius 2 is 2.07 bits per heavy atom. The van der Waals surface area contributed by atoms with E-state index < -0.39 is 0 Å². The second kappa shape index (κ2) is 4.04. The van der Waals surface area contributed by atoms with Gasteiger partial charge in [0.2, 0.25) is 5.95 Å². The van der Waals surface area contributed by atoms with E-state index in [9.17, 15) is 0 Å². The summed E-state index contributed by atoms with van der Waals surface area (Å²) in [5.41, 5.74) is 6.72. The number of hydrogen-bond acceptors (Lipinski definition) is 4. The average molecular weight is 206 g/mol. The molecule has 0 spiro atoms. The molecular weight excluding hydrogens is 188 g/mol. The number of nitrogens with zero attached hydrogens (tertiary/aromatic N) is 3. The maximum Gasteiger partial charge on any atom is 0.221 e. The summed E-state index contributed by atoms with van der Waals surface area (Å²) < 4.78 is 0. The molecule has 0 aromatic carbocycles. The highest BCUT2D eigenvalue weighted by molar-refractivity contribution is 5.48. The van der Waals surface area contributed by atoms with Crippen LogP contribution in [0.5, 0.6) is 0 Å². The quantitative estimate of drug-likeness (QED) is 0.758. The monoisotopic (exact) mass is 206 g/mol. The Balaban J connectivity index is 2.18. The van der Waals surface area contributed by atoms with E-state index in [0.29, 0.717) is 5.95 Å². The SMILES string of the molecule is Cc1cnc(N)nc1N1CCC(C)CC1. The van der Waals surface area contributed by atoms with Gasteiger partial charge in [-0.2, -0.15) is 4.98 Å². The van der Waals surface area contributed by atoms with Gasteiger partial charge in [0.25, 0.3) is 0 Å². The molecule has 1 saturated heterocycles. The first-order valence-electron chi connectivity index (χ1n) is 5.51. The first kappa shape index (κ1) is 10.2. The number of nitrogens with two attached hydrogens (primary N) is 1. The van der Waals surface area contributed by atoms with E-state index in [1.807, 2.05) is 6.92 Å². The van der Waals surface area contributed by atoms with Crippen LogP contribution in [-0.4, -0.2) is 23.1 Å². The molecule has 0 radical (unpaired) electrons. The van der Waals surface area contributed by atoms with Crippen molar-refractivity contribution in [1.82, 2.24) is 9.97 Å². The molecule has 1 aliphatic rings. The van der Waals surface area contributed by atoms with Gasteiger partial charge in [-0.15, -0.1) is 0 Å². The number of aryl methyl sites for hydroxylation is 1. The van der Waals surface area contributed by atoms with Gasteiger partial charge in [0.15, 0.2) is 0 Å². The van der Waals surface area contributed by atoms with Crippen molar-refractivity contribution in [2.24, 2.45) is 5.92 Å². The van der Waals surface area contributed by atoms with E-state index in [-0.39, 0.29) is 0 Å². The molecule has 82 valence electrons. The third kappa shape index (κ3) is 2.19. The molecule has 0 amide bonds. The highest BCUT2D eigenvalue weighted by Crippen LogP contribution is 2.23. The predicted molar refractivity (Wildman–Crippen MR) is 61.8 cm³/mol. The normalized spacial score (nSPS) is 18.1. The van der Waals surface area contributed by atoms with Crippen molar-refractivity contribution in [3.63, 3.8) is 0 Å². The average Bonchev–Trinajstić information content (AvgIpc) is 2.23. The van der Waals surface area contributed by atoms with E-state index in [4.69, 9.17) is 5.73 Å². The van der Waals surface area contributed by atoms with Gasteiger partial charge >= 0.3 is 0 Å². The summed E-state index contributed by atoms with van der Waals surface area (Å²) in [6.07, 6.45) is 4.28. The van der Waals surface area contributed by atoms with Crippen LogP contribution in [-0.2, 0) is 0 Å². The molecule has 0 saturated carbocycles. The first-order chi connectivity index (χ1) is 7.16. The molecule has 1 aromatic rings. The second-order valence-electron chi connectivity index (χ2n) is 4.40. The smallest absolute Gasteiger partial charge is 0.221 e. The lowest BCUT2D eigenvalue weighted by Crippen LogP contribution is -2.34. The molecular formula is C11H18N4. The number of piperidine rings is 1. The molecule has 1 aliphatic heterocycles. The summed E-state index contributed by atoms with van der Waals surface area (Å²) in [5.74, 6) is 2.21. The molecule has 4 heteroatoms. The summed E-state index contributed by atoms with van der Waals surface area (Å²) in [7, 11) is 0. The lowest BCUT2D eigenvalue weighted by atomic mass is 9.99. The van der Waals surface area contributed by atoms with Gasteiger partial charge in [0.05, 0.1) is 0 Å². The molecule has 1 fully saturated rings. The number of nitrogen functional groups attached to an aromatic ring is 1. The molecule has 2 N–H and O–H groups in total. The molecule has 2 heterocycles. The molecule has 15 heavy (non-hydrogen) atoms. The maximum atomic E-state index is 5.61. The van der Waals surface area contributed by atoms with Crippen molar-refractivity contribution in [3.8, 4) is 0 Å². The van der Waals surface area contributed by atoms with Crippen LogP contribution in [0.2, 0.25) is 0 Å². The zero-order valence-corrected chi connectivity index (χ0v) is 9.40. The van der Waals surface area contributed by atoms with Crippen molar-refractivity contribution in [3.05, 3.63) is 11.8 Å². The molecule has 0 aliphatic carbocycles. The molecule has 4 nitrogen and oxygen atoms in total. The minimum absolute atomic E-state index is 0.370. The summed E-state index contributed by atoms with van der Waals surface area (Å²) in [6.45, 7) is 6.50.